The number of hydrogen-bond acceptors (Lipinski definition) is 7. The van der Waals surface area contributed by atoms with E-state index < -0.39 is 6.10 Å². The van der Waals surface area contributed by atoms with Crippen molar-refractivity contribution in [1.82, 2.24) is 10.2 Å². The fourth-order valence-electron chi connectivity index (χ4n) is 2.26. The molecule has 1 amide bonds. The van der Waals surface area contributed by atoms with Gasteiger partial charge in [0.1, 0.15) is 22.3 Å². The Kier molecular flexibility index (Phi) is 5.87. The van der Waals surface area contributed by atoms with Crippen LogP contribution in [0.15, 0.2) is 48.5 Å². The lowest BCUT2D eigenvalue weighted by molar-refractivity contribution is -0.122. The summed E-state index contributed by atoms with van der Waals surface area (Å²) in [5, 5.41) is 12.0. The summed E-state index contributed by atoms with van der Waals surface area (Å²) in [6, 6.07) is 14.6. The number of ether oxygens (including phenoxy) is 3. The number of nitrogens with zero attached hydrogens (tertiary/aromatic N) is 2. The summed E-state index contributed by atoms with van der Waals surface area (Å²) < 4.78 is 15.9. The summed E-state index contributed by atoms with van der Waals surface area (Å²) >= 11 is 1.29. The molecule has 27 heavy (non-hydrogen) atoms. The number of carbonyl (C=O) groups is 1. The minimum atomic E-state index is -0.703. The highest BCUT2D eigenvalue weighted by Crippen LogP contribution is 2.28. The predicted octanol–water partition coefficient (Wildman–Crippen LogP) is 3.63. The van der Waals surface area contributed by atoms with Crippen molar-refractivity contribution < 1.29 is 19.0 Å². The average molecular weight is 385 g/mol. The van der Waals surface area contributed by atoms with E-state index in [1.165, 1.54) is 11.3 Å². The highest BCUT2D eigenvalue weighted by molar-refractivity contribution is 7.18. The molecule has 0 aliphatic heterocycles. The van der Waals surface area contributed by atoms with Crippen LogP contribution < -0.4 is 19.5 Å². The molecule has 0 aliphatic rings. The molecule has 8 heteroatoms. The number of hydrogen-bond donors (Lipinski definition) is 1. The molecule has 0 saturated heterocycles. The van der Waals surface area contributed by atoms with E-state index in [-0.39, 0.29) is 5.91 Å². The fourth-order valence-corrected chi connectivity index (χ4v) is 3.02. The zero-order chi connectivity index (χ0) is 19.2. The van der Waals surface area contributed by atoms with Crippen molar-refractivity contribution in [3.8, 4) is 27.8 Å². The zero-order valence-corrected chi connectivity index (χ0v) is 15.9. The monoisotopic (exact) mass is 385 g/mol. The van der Waals surface area contributed by atoms with E-state index in [4.69, 9.17) is 14.2 Å². The standard InChI is InChI=1S/C19H19N3O4S/c1-12(26-16-6-4-5-15(11-16)25-3)17(23)20-19-22-21-18(27-19)13-7-9-14(24-2)10-8-13/h4-12H,1-3H3,(H,20,22,23). The predicted molar refractivity (Wildman–Crippen MR) is 104 cm³/mol. The van der Waals surface area contributed by atoms with Crippen molar-refractivity contribution >= 4 is 22.4 Å². The van der Waals surface area contributed by atoms with Crippen LogP contribution in [0.4, 0.5) is 5.13 Å². The van der Waals surface area contributed by atoms with Crippen LogP contribution in [0.5, 0.6) is 17.2 Å². The average Bonchev–Trinajstić information content (AvgIpc) is 3.16. The lowest BCUT2D eigenvalue weighted by atomic mass is 10.2. The van der Waals surface area contributed by atoms with Crippen molar-refractivity contribution in [3.63, 3.8) is 0 Å². The van der Waals surface area contributed by atoms with Crippen molar-refractivity contribution in [2.45, 2.75) is 13.0 Å². The molecule has 0 saturated carbocycles. The molecular formula is C19H19N3O4S. The molecule has 1 heterocycles. The van der Waals surface area contributed by atoms with Crippen molar-refractivity contribution in [1.29, 1.82) is 0 Å². The Morgan fingerprint density at radius 3 is 2.41 bits per heavy atom. The Morgan fingerprint density at radius 2 is 1.70 bits per heavy atom. The molecule has 7 nitrogen and oxygen atoms in total. The van der Waals surface area contributed by atoms with E-state index in [1.807, 2.05) is 24.3 Å². The number of aromatic nitrogens is 2. The SMILES string of the molecule is COc1ccc(-c2nnc(NC(=O)C(C)Oc3cccc(OC)c3)s2)cc1. The van der Waals surface area contributed by atoms with E-state index >= 15 is 0 Å². The molecule has 1 N–H and O–H groups in total. The number of rotatable bonds is 7. The quantitative estimate of drug-likeness (QED) is 0.669. The van der Waals surface area contributed by atoms with Gasteiger partial charge < -0.3 is 14.2 Å². The summed E-state index contributed by atoms with van der Waals surface area (Å²) in [4.78, 5) is 12.4. The normalized spacial score (nSPS) is 11.5. The highest BCUT2D eigenvalue weighted by Gasteiger charge is 2.17. The van der Waals surface area contributed by atoms with Crippen LogP contribution in [0.1, 0.15) is 6.92 Å². The van der Waals surface area contributed by atoms with Crippen LogP contribution in [-0.4, -0.2) is 36.4 Å². The second-order valence-corrected chi connectivity index (χ2v) is 6.55. The lowest BCUT2D eigenvalue weighted by Crippen LogP contribution is -2.30. The van der Waals surface area contributed by atoms with E-state index in [2.05, 4.69) is 15.5 Å². The molecule has 1 aromatic heterocycles. The van der Waals surface area contributed by atoms with Crippen LogP contribution in [0.3, 0.4) is 0 Å². The van der Waals surface area contributed by atoms with Crippen LogP contribution in [0.25, 0.3) is 10.6 Å². The maximum atomic E-state index is 12.4. The van der Waals surface area contributed by atoms with Gasteiger partial charge in [-0.1, -0.05) is 17.4 Å². The number of carbonyl (C=O) groups excluding carboxylic acids is 1. The Bertz CT molecular complexity index is 911. The van der Waals surface area contributed by atoms with Gasteiger partial charge in [0.15, 0.2) is 6.10 Å². The molecule has 0 radical (unpaired) electrons. The summed E-state index contributed by atoms with van der Waals surface area (Å²) in [5.74, 6) is 1.66. The number of benzene rings is 2. The number of nitrogens with one attached hydrogen (secondary N) is 1. The summed E-state index contributed by atoms with van der Waals surface area (Å²) in [5.41, 5.74) is 0.898. The van der Waals surface area contributed by atoms with E-state index in [0.717, 1.165) is 11.3 Å². The van der Waals surface area contributed by atoms with E-state index in [9.17, 15) is 4.79 Å². The van der Waals surface area contributed by atoms with Gasteiger partial charge in [-0.05, 0) is 43.3 Å². The van der Waals surface area contributed by atoms with Gasteiger partial charge in [0.25, 0.3) is 5.91 Å². The minimum absolute atomic E-state index is 0.310. The molecule has 1 atom stereocenters. The third-order valence-electron chi connectivity index (χ3n) is 3.72. The number of anilines is 1. The molecule has 3 aromatic rings. The Labute approximate surface area is 160 Å². The summed E-state index contributed by atoms with van der Waals surface area (Å²) in [6.45, 7) is 1.67. The van der Waals surface area contributed by atoms with Crippen molar-refractivity contribution in [3.05, 3.63) is 48.5 Å². The van der Waals surface area contributed by atoms with Gasteiger partial charge in [-0.2, -0.15) is 0 Å². The van der Waals surface area contributed by atoms with Gasteiger partial charge in [0.2, 0.25) is 5.13 Å². The van der Waals surface area contributed by atoms with Gasteiger partial charge in [-0.25, -0.2) is 0 Å². The van der Waals surface area contributed by atoms with Gasteiger partial charge >= 0.3 is 0 Å². The second-order valence-electron chi connectivity index (χ2n) is 5.57. The number of methoxy groups -OCH3 is 2. The third-order valence-corrected chi connectivity index (χ3v) is 4.60. The Hall–Kier alpha value is -3.13. The second kappa shape index (κ2) is 8.50. The Balaban J connectivity index is 1.62. The van der Waals surface area contributed by atoms with Crippen molar-refractivity contribution in [2.75, 3.05) is 19.5 Å². The van der Waals surface area contributed by atoms with Crippen LogP contribution in [0.2, 0.25) is 0 Å². The Morgan fingerprint density at radius 1 is 1.00 bits per heavy atom. The highest BCUT2D eigenvalue weighted by atomic mass is 32.1. The topological polar surface area (TPSA) is 82.6 Å². The van der Waals surface area contributed by atoms with Crippen molar-refractivity contribution in [2.24, 2.45) is 0 Å². The fraction of sp³-hybridized carbons (Fsp3) is 0.211. The van der Waals surface area contributed by atoms with Crippen LogP contribution in [0, 0.1) is 0 Å². The maximum Gasteiger partial charge on any atom is 0.266 e. The van der Waals surface area contributed by atoms with Crippen LogP contribution in [-0.2, 0) is 4.79 Å². The first-order chi connectivity index (χ1) is 13.1. The molecule has 0 aliphatic carbocycles. The lowest BCUT2D eigenvalue weighted by Gasteiger charge is -2.14. The molecular weight excluding hydrogens is 366 g/mol. The summed E-state index contributed by atoms with van der Waals surface area (Å²) in [7, 11) is 3.19. The van der Waals surface area contributed by atoms with Gasteiger partial charge in [0.05, 0.1) is 14.2 Å². The minimum Gasteiger partial charge on any atom is -0.497 e. The zero-order valence-electron chi connectivity index (χ0n) is 15.1. The molecule has 2 aromatic carbocycles. The summed E-state index contributed by atoms with van der Waals surface area (Å²) in [6.07, 6.45) is -0.703. The van der Waals surface area contributed by atoms with Gasteiger partial charge in [-0.3, -0.25) is 10.1 Å². The molecule has 1 unspecified atom stereocenters. The molecule has 3 rings (SSSR count). The smallest absolute Gasteiger partial charge is 0.266 e. The molecule has 0 spiro atoms. The van der Waals surface area contributed by atoms with Gasteiger partial charge in [-0.15, -0.1) is 10.2 Å². The number of amides is 1. The van der Waals surface area contributed by atoms with Crippen LogP contribution >= 0.6 is 11.3 Å². The van der Waals surface area contributed by atoms with Gasteiger partial charge in [0, 0.05) is 11.6 Å². The van der Waals surface area contributed by atoms with E-state index in [1.54, 1.807) is 45.4 Å². The van der Waals surface area contributed by atoms with E-state index in [0.29, 0.717) is 21.6 Å². The maximum absolute atomic E-state index is 12.4. The first-order valence-electron chi connectivity index (χ1n) is 8.18. The molecule has 140 valence electrons. The first-order valence-corrected chi connectivity index (χ1v) is 9.00. The largest absolute Gasteiger partial charge is 0.497 e. The first kappa shape index (κ1) is 18.7. The third kappa shape index (κ3) is 4.73. The molecule has 0 fully saturated rings. The molecule has 0 bridgehead atoms.